The molecule has 0 aliphatic rings. The van der Waals surface area contributed by atoms with Gasteiger partial charge in [0.25, 0.3) is 0 Å². The number of hydrogen-bond donors (Lipinski definition) is 6. The van der Waals surface area contributed by atoms with Crippen molar-refractivity contribution in [2.24, 2.45) is 0 Å². The highest BCUT2D eigenvalue weighted by Gasteiger charge is 2.26. The molecule has 11 nitrogen and oxygen atoms in total. The predicted molar refractivity (Wildman–Crippen MR) is 55.2 cm³/mol. The van der Waals surface area contributed by atoms with E-state index < -0.39 is 49.4 Å². The molecule has 0 aliphatic carbocycles. The van der Waals surface area contributed by atoms with Crippen LogP contribution in [-0.4, -0.2) is 69.8 Å². The first kappa shape index (κ1) is 16.8. The van der Waals surface area contributed by atoms with Crippen LogP contribution in [-0.2, 0) is 23.9 Å². The highest BCUT2D eigenvalue weighted by molar-refractivity contribution is 5.97. The van der Waals surface area contributed by atoms with E-state index in [1.165, 1.54) is 0 Å². The summed E-state index contributed by atoms with van der Waals surface area (Å²) in [5.41, 5.74) is 0. The zero-order valence-corrected chi connectivity index (χ0v) is 9.40. The fraction of sp³-hybridized carbons (Fsp3) is 0.500. The Morgan fingerprint density at radius 3 is 1.21 bits per heavy atom. The Hall–Kier alpha value is -2.24. The van der Waals surface area contributed by atoms with Gasteiger partial charge in [-0.2, -0.15) is 0 Å². The number of rotatable bonds is 10. The number of aliphatic carboxylic acids is 4. The van der Waals surface area contributed by atoms with E-state index in [4.69, 9.17) is 20.4 Å². The normalized spacial score (nSPS) is 10.6. The molecule has 0 atom stereocenters. The summed E-state index contributed by atoms with van der Waals surface area (Å²) in [6.07, 6.45) is 0. The number of carbonyl (C=O) groups is 4. The Bertz CT molecular complexity index is 307. The maximum atomic E-state index is 10.4. The van der Waals surface area contributed by atoms with Gasteiger partial charge in [-0.05, 0) is 0 Å². The smallest absolute Gasteiger partial charge is 0.332 e. The van der Waals surface area contributed by atoms with Crippen LogP contribution in [0.5, 0.6) is 0 Å². The van der Waals surface area contributed by atoms with Gasteiger partial charge in [0.15, 0.2) is 0 Å². The molecular formula is C8H12N2O9. The fourth-order valence-electron chi connectivity index (χ4n) is 0.896. The monoisotopic (exact) mass is 280 g/mol. The maximum Gasteiger partial charge on any atom is 0.332 e. The summed E-state index contributed by atoms with van der Waals surface area (Å²) in [6, 6.07) is -3.76. The van der Waals surface area contributed by atoms with Crippen LogP contribution in [0.25, 0.3) is 0 Å². The first-order valence-corrected chi connectivity index (χ1v) is 4.73. The van der Waals surface area contributed by atoms with Crippen LogP contribution in [0.15, 0.2) is 0 Å². The predicted octanol–water partition coefficient (Wildman–Crippen LogP) is -2.83. The first-order chi connectivity index (χ1) is 8.77. The highest BCUT2D eigenvalue weighted by Crippen LogP contribution is 1.86. The Balaban J connectivity index is 3.98. The maximum absolute atomic E-state index is 10.4. The van der Waals surface area contributed by atoms with E-state index in [0.29, 0.717) is 0 Å². The van der Waals surface area contributed by atoms with Crippen molar-refractivity contribution in [2.45, 2.75) is 12.1 Å². The summed E-state index contributed by atoms with van der Waals surface area (Å²) in [4.78, 5) is 41.7. The third-order valence-corrected chi connectivity index (χ3v) is 1.77. The molecule has 0 amide bonds. The number of ether oxygens (including phenoxy) is 1. The number of carboxylic acids is 4. The standard InChI is InChI=1S/C8H12N2O9/c11-5(12)3(6(13)14)9-1-19-2-10-4(7(15)16)8(17)18/h3-4,9-10H,1-2H2,(H,11,12)(H,13,14)(H,15,16)(H,17,18). The van der Waals surface area contributed by atoms with Gasteiger partial charge >= 0.3 is 23.9 Å². The van der Waals surface area contributed by atoms with Crippen molar-refractivity contribution in [3.63, 3.8) is 0 Å². The average molecular weight is 280 g/mol. The van der Waals surface area contributed by atoms with E-state index in [-0.39, 0.29) is 0 Å². The fourth-order valence-corrected chi connectivity index (χ4v) is 0.896. The van der Waals surface area contributed by atoms with Gasteiger partial charge in [-0.15, -0.1) is 0 Å². The lowest BCUT2D eigenvalue weighted by Crippen LogP contribution is -2.47. The first-order valence-electron chi connectivity index (χ1n) is 4.73. The molecule has 0 aromatic heterocycles. The lowest BCUT2D eigenvalue weighted by atomic mass is 10.3. The zero-order chi connectivity index (χ0) is 15.0. The van der Waals surface area contributed by atoms with Crippen LogP contribution in [0, 0.1) is 0 Å². The summed E-state index contributed by atoms with van der Waals surface area (Å²) < 4.78 is 4.62. The van der Waals surface area contributed by atoms with Crippen LogP contribution < -0.4 is 10.6 Å². The second kappa shape index (κ2) is 7.97. The molecule has 0 unspecified atom stereocenters. The minimum Gasteiger partial charge on any atom is -0.480 e. The highest BCUT2D eigenvalue weighted by atomic mass is 16.5. The molecule has 0 aliphatic heterocycles. The molecule has 6 N–H and O–H groups in total. The topological polar surface area (TPSA) is 182 Å². The van der Waals surface area contributed by atoms with Crippen molar-refractivity contribution in [3.8, 4) is 0 Å². The molecule has 0 radical (unpaired) electrons. The van der Waals surface area contributed by atoms with Crippen LogP contribution >= 0.6 is 0 Å². The molecule has 0 spiro atoms. The summed E-state index contributed by atoms with van der Waals surface area (Å²) >= 11 is 0. The van der Waals surface area contributed by atoms with Gasteiger partial charge in [0, 0.05) is 0 Å². The SMILES string of the molecule is O=C(O)C(NCOCNC(C(=O)O)C(=O)O)C(=O)O. The molecule has 0 rings (SSSR count). The third-order valence-electron chi connectivity index (χ3n) is 1.77. The minimum absolute atomic E-state index is 0.526. The van der Waals surface area contributed by atoms with E-state index >= 15 is 0 Å². The Morgan fingerprint density at radius 1 is 0.737 bits per heavy atom. The van der Waals surface area contributed by atoms with Crippen molar-refractivity contribution in [1.82, 2.24) is 10.6 Å². The number of hydrogen-bond acceptors (Lipinski definition) is 7. The molecule has 11 heteroatoms. The number of carboxylic acid groups (broad SMARTS) is 4. The molecule has 0 fully saturated rings. The Kier molecular flexibility index (Phi) is 7.03. The molecule has 19 heavy (non-hydrogen) atoms. The Morgan fingerprint density at radius 2 is 1.00 bits per heavy atom. The van der Waals surface area contributed by atoms with Gasteiger partial charge in [-0.1, -0.05) is 0 Å². The van der Waals surface area contributed by atoms with Crippen molar-refractivity contribution in [3.05, 3.63) is 0 Å². The summed E-state index contributed by atoms with van der Waals surface area (Å²) in [6.45, 7) is -1.05. The second-order valence-electron chi connectivity index (χ2n) is 3.12. The second-order valence-corrected chi connectivity index (χ2v) is 3.12. The summed E-state index contributed by atoms with van der Waals surface area (Å²) in [5, 5.41) is 37.8. The van der Waals surface area contributed by atoms with E-state index in [2.05, 4.69) is 4.74 Å². The molecule has 0 aromatic carbocycles. The van der Waals surface area contributed by atoms with Crippen molar-refractivity contribution in [2.75, 3.05) is 13.5 Å². The van der Waals surface area contributed by atoms with Gasteiger partial charge in [-0.25, -0.2) is 19.2 Å². The van der Waals surface area contributed by atoms with Crippen LogP contribution in [0.1, 0.15) is 0 Å². The van der Waals surface area contributed by atoms with Crippen molar-refractivity contribution in [1.29, 1.82) is 0 Å². The minimum atomic E-state index is -1.88. The van der Waals surface area contributed by atoms with Gasteiger partial charge in [0.1, 0.15) is 0 Å². The zero-order valence-electron chi connectivity index (χ0n) is 9.40. The molecule has 0 saturated heterocycles. The third kappa shape index (κ3) is 6.30. The van der Waals surface area contributed by atoms with E-state index in [9.17, 15) is 19.2 Å². The average Bonchev–Trinajstić information content (AvgIpc) is 2.25. The van der Waals surface area contributed by atoms with E-state index in [1.807, 2.05) is 10.6 Å². The quantitative estimate of drug-likeness (QED) is 0.138. The molecule has 108 valence electrons. The van der Waals surface area contributed by atoms with E-state index in [0.717, 1.165) is 0 Å². The molecular weight excluding hydrogens is 268 g/mol. The summed E-state index contributed by atoms with van der Waals surface area (Å²) in [5.74, 6) is -6.51. The molecule has 0 aromatic rings. The molecule has 0 bridgehead atoms. The van der Waals surface area contributed by atoms with Gasteiger partial charge in [0.05, 0.1) is 13.5 Å². The van der Waals surface area contributed by atoms with Crippen molar-refractivity contribution < 1.29 is 44.3 Å². The van der Waals surface area contributed by atoms with E-state index in [1.54, 1.807) is 0 Å². The van der Waals surface area contributed by atoms with Gasteiger partial charge < -0.3 is 25.2 Å². The summed E-state index contributed by atoms with van der Waals surface area (Å²) in [7, 11) is 0. The van der Waals surface area contributed by atoms with Crippen molar-refractivity contribution >= 4 is 23.9 Å². The van der Waals surface area contributed by atoms with Crippen LogP contribution in [0.3, 0.4) is 0 Å². The molecule has 0 saturated carbocycles. The van der Waals surface area contributed by atoms with Gasteiger partial charge in [-0.3, -0.25) is 10.6 Å². The largest absolute Gasteiger partial charge is 0.480 e. The molecule has 0 heterocycles. The lowest BCUT2D eigenvalue weighted by Gasteiger charge is -2.12. The van der Waals surface area contributed by atoms with Crippen LogP contribution in [0.4, 0.5) is 0 Å². The van der Waals surface area contributed by atoms with Crippen LogP contribution in [0.2, 0.25) is 0 Å². The number of nitrogens with one attached hydrogen (secondary N) is 2. The lowest BCUT2D eigenvalue weighted by molar-refractivity contribution is -0.152. The Labute approximate surface area is 105 Å². The van der Waals surface area contributed by atoms with Gasteiger partial charge in [0.2, 0.25) is 12.1 Å².